The average molecular weight is 168 g/mol. The number of hydrogen-bond donors (Lipinski definition) is 1. The summed E-state index contributed by atoms with van der Waals surface area (Å²) in [5.41, 5.74) is 0.562. The molecule has 2 heterocycles. The van der Waals surface area contributed by atoms with Gasteiger partial charge in [-0.05, 0) is 45.8 Å². The summed E-state index contributed by atoms with van der Waals surface area (Å²) in [4.78, 5) is 2.72. The summed E-state index contributed by atoms with van der Waals surface area (Å²) < 4.78 is 0. The Hall–Kier alpha value is -0.0800. The van der Waals surface area contributed by atoms with Crippen LogP contribution in [0.5, 0.6) is 0 Å². The minimum Gasteiger partial charge on any atom is -0.318 e. The van der Waals surface area contributed by atoms with Crippen molar-refractivity contribution in [2.45, 2.75) is 37.6 Å². The van der Waals surface area contributed by atoms with Crippen LogP contribution >= 0.6 is 0 Å². The Morgan fingerprint density at radius 2 is 1.92 bits per heavy atom. The van der Waals surface area contributed by atoms with Gasteiger partial charge < -0.3 is 5.32 Å². The fraction of sp³-hybridized carbons (Fsp3) is 1.00. The number of nitrogens with one attached hydrogen (secondary N) is 1. The van der Waals surface area contributed by atoms with Crippen LogP contribution in [0, 0.1) is 0 Å². The quantitative estimate of drug-likeness (QED) is 0.667. The summed E-state index contributed by atoms with van der Waals surface area (Å²) in [7, 11) is 2.08. The molecule has 0 aromatic rings. The molecule has 0 saturated carbocycles. The van der Waals surface area contributed by atoms with E-state index in [0.717, 1.165) is 0 Å². The molecular weight excluding hydrogens is 148 g/mol. The fourth-order valence-electron chi connectivity index (χ4n) is 3.00. The molecule has 12 heavy (non-hydrogen) atoms. The van der Waals surface area contributed by atoms with Crippen LogP contribution in [0.4, 0.5) is 0 Å². The summed E-state index contributed by atoms with van der Waals surface area (Å²) in [6, 6.07) is 0. The lowest BCUT2D eigenvalue weighted by atomic mass is 9.86. The highest BCUT2D eigenvalue weighted by molar-refractivity contribution is 4.99. The first-order valence-electron chi connectivity index (χ1n) is 5.27. The van der Waals surface area contributed by atoms with Gasteiger partial charge in [0.05, 0.1) is 0 Å². The van der Waals surface area contributed by atoms with Crippen LogP contribution in [0.25, 0.3) is 0 Å². The van der Waals surface area contributed by atoms with E-state index in [-0.39, 0.29) is 0 Å². The van der Waals surface area contributed by atoms with Gasteiger partial charge in [-0.25, -0.2) is 0 Å². The minimum absolute atomic E-state index is 0.562. The summed E-state index contributed by atoms with van der Waals surface area (Å²) in [5, 5.41) is 3.36. The maximum Gasteiger partial charge on any atom is 0.0334 e. The van der Waals surface area contributed by atoms with Gasteiger partial charge in [0, 0.05) is 12.1 Å². The van der Waals surface area contributed by atoms with Crippen LogP contribution in [-0.2, 0) is 0 Å². The van der Waals surface area contributed by atoms with E-state index in [1.807, 2.05) is 0 Å². The summed E-state index contributed by atoms with van der Waals surface area (Å²) in [6.45, 7) is 3.90. The molecule has 2 saturated heterocycles. The van der Waals surface area contributed by atoms with Crippen molar-refractivity contribution in [1.29, 1.82) is 0 Å². The fourth-order valence-corrected chi connectivity index (χ4v) is 3.00. The Morgan fingerprint density at radius 3 is 2.75 bits per heavy atom. The maximum atomic E-state index is 3.36. The number of hydrogen-bond acceptors (Lipinski definition) is 2. The van der Waals surface area contributed by atoms with E-state index in [2.05, 4.69) is 17.3 Å². The van der Waals surface area contributed by atoms with E-state index >= 15 is 0 Å². The number of fused-ring (bicyclic) bond motifs is 1. The lowest BCUT2D eigenvalue weighted by Crippen LogP contribution is -2.52. The van der Waals surface area contributed by atoms with Crippen LogP contribution in [0.15, 0.2) is 0 Å². The van der Waals surface area contributed by atoms with Crippen molar-refractivity contribution in [3.05, 3.63) is 0 Å². The highest BCUT2D eigenvalue weighted by Crippen LogP contribution is 2.36. The van der Waals surface area contributed by atoms with E-state index in [4.69, 9.17) is 0 Å². The molecule has 0 radical (unpaired) electrons. The van der Waals surface area contributed by atoms with Gasteiger partial charge in [-0.3, -0.25) is 4.90 Å². The zero-order valence-electron chi connectivity index (χ0n) is 8.10. The minimum atomic E-state index is 0.562. The Labute approximate surface area is 75.3 Å². The number of rotatable bonds is 2. The highest BCUT2D eigenvalue weighted by atomic mass is 15.2. The molecule has 2 fully saturated rings. The molecule has 0 amide bonds. The molecule has 0 bridgehead atoms. The normalized spacial score (nSPS) is 36.8. The monoisotopic (exact) mass is 168 g/mol. The average Bonchev–Trinajstić information content (AvgIpc) is 2.48. The van der Waals surface area contributed by atoms with Crippen molar-refractivity contribution in [3.8, 4) is 0 Å². The molecular formula is C10H20N2. The van der Waals surface area contributed by atoms with Crippen LogP contribution in [-0.4, -0.2) is 37.1 Å². The van der Waals surface area contributed by atoms with Crippen molar-refractivity contribution in [2.24, 2.45) is 0 Å². The second-order valence-corrected chi connectivity index (χ2v) is 4.30. The van der Waals surface area contributed by atoms with E-state index in [1.54, 1.807) is 0 Å². The molecule has 0 spiro atoms. The molecule has 70 valence electrons. The Bertz CT molecular complexity index is 154. The molecule has 2 rings (SSSR count). The third-order valence-electron chi connectivity index (χ3n) is 3.57. The number of nitrogens with zero attached hydrogens (tertiary/aromatic N) is 1. The van der Waals surface area contributed by atoms with E-state index in [1.165, 1.54) is 51.7 Å². The third kappa shape index (κ3) is 1.27. The number of likely N-dealkylation sites (N-methyl/N-ethyl adjacent to an activating group) is 1. The predicted molar refractivity (Wildman–Crippen MR) is 51.3 cm³/mol. The first-order chi connectivity index (χ1) is 5.87. The molecule has 2 aliphatic heterocycles. The van der Waals surface area contributed by atoms with Crippen molar-refractivity contribution >= 4 is 0 Å². The van der Waals surface area contributed by atoms with Gasteiger partial charge in [0.15, 0.2) is 0 Å². The molecule has 1 N–H and O–H groups in total. The summed E-state index contributed by atoms with van der Waals surface area (Å²) in [5.74, 6) is 0. The molecule has 0 aromatic carbocycles. The topological polar surface area (TPSA) is 15.3 Å². The standard InChI is InChI=1S/C10H20N2/c1-11-9-10-5-2-3-7-12(10)8-4-6-10/h11H,2-9H2,1H3. The van der Waals surface area contributed by atoms with Gasteiger partial charge in [-0.1, -0.05) is 6.42 Å². The van der Waals surface area contributed by atoms with Crippen molar-refractivity contribution in [3.63, 3.8) is 0 Å². The van der Waals surface area contributed by atoms with Crippen LogP contribution in [0.1, 0.15) is 32.1 Å². The maximum absolute atomic E-state index is 3.36. The molecule has 2 nitrogen and oxygen atoms in total. The SMILES string of the molecule is CNCC12CCCCN1CCC2. The molecule has 1 unspecified atom stereocenters. The predicted octanol–water partition coefficient (Wildman–Crippen LogP) is 1.22. The second-order valence-electron chi connectivity index (χ2n) is 4.30. The highest BCUT2D eigenvalue weighted by Gasteiger charge is 2.41. The molecule has 1 atom stereocenters. The van der Waals surface area contributed by atoms with Gasteiger partial charge in [0.25, 0.3) is 0 Å². The van der Waals surface area contributed by atoms with Crippen LogP contribution in [0.2, 0.25) is 0 Å². The van der Waals surface area contributed by atoms with Gasteiger partial charge in [-0.15, -0.1) is 0 Å². The van der Waals surface area contributed by atoms with E-state index in [9.17, 15) is 0 Å². The van der Waals surface area contributed by atoms with Crippen LogP contribution in [0.3, 0.4) is 0 Å². The van der Waals surface area contributed by atoms with Gasteiger partial charge >= 0.3 is 0 Å². The third-order valence-corrected chi connectivity index (χ3v) is 3.57. The number of piperidine rings is 1. The lowest BCUT2D eigenvalue weighted by molar-refractivity contribution is 0.0910. The second kappa shape index (κ2) is 3.35. The molecule has 2 aliphatic rings. The van der Waals surface area contributed by atoms with Crippen molar-refractivity contribution in [2.75, 3.05) is 26.7 Å². The molecule has 2 heteroatoms. The zero-order valence-corrected chi connectivity index (χ0v) is 8.10. The summed E-state index contributed by atoms with van der Waals surface area (Å²) >= 11 is 0. The smallest absolute Gasteiger partial charge is 0.0334 e. The van der Waals surface area contributed by atoms with Crippen molar-refractivity contribution < 1.29 is 0 Å². The van der Waals surface area contributed by atoms with Crippen molar-refractivity contribution in [1.82, 2.24) is 10.2 Å². The Morgan fingerprint density at radius 1 is 1.17 bits per heavy atom. The largest absolute Gasteiger partial charge is 0.318 e. The zero-order chi connectivity index (χ0) is 8.44. The van der Waals surface area contributed by atoms with Gasteiger partial charge in [0.1, 0.15) is 0 Å². The van der Waals surface area contributed by atoms with Gasteiger partial charge in [0.2, 0.25) is 0 Å². The summed E-state index contributed by atoms with van der Waals surface area (Å²) in [6.07, 6.45) is 7.13. The van der Waals surface area contributed by atoms with Gasteiger partial charge in [-0.2, -0.15) is 0 Å². The lowest BCUT2D eigenvalue weighted by Gasteiger charge is -2.42. The molecule has 0 aromatic heterocycles. The Kier molecular flexibility index (Phi) is 2.37. The van der Waals surface area contributed by atoms with Crippen LogP contribution < -0.4 is 5.32 Å². The first-order valence-corrected chi connectivity index (χ1v) is 5.27. The van der Waals surface area contributed by atoms with E-state index in [0.29, 0.717) is 5.54 Å². The first kappa shape index (κ1) is 8.52. The molecule has 0 aliphatic carbocycles. The van der Waals surface area contributed by atoms with E-state index < -0.39 is 0 Å². The Balaban J connectivity index is 2.06.